The number of ether oxygens (including phenoxy) is 3. The second-order valence-electron chi connectivity index (χ2n) is 6.61. The highest BCUT2D eigenvalue weighted by molar-refractivity contribution is 6.00. The van der Waals surface area contributed by atoms with Gasteiger partial charge in [0.1, 0.15) is 36.4 Å². The molecule has 0 saturated carbocycles. The van der Waals surface area contributed by atoms with Crippen molar-refractivity contribution in [3.63, 3.8) is 0 Å². The van der Waals surface area contributed by atoms with Crippen LogP contribution in [0.5, 0.6) is 11.5 Å². The summed E-state index contributed by atoms with van der Waals surface area (Å²) in [6.45, 7) is 5.27. The van der Waals surface area contributed by atoms with Gasteiger partial charge in [0.15, 0.2) is 0 Å². The van der Waals surface area contributed by atoms with E-state index in [9.17, 15) is 9.59 Å². The van der Waals surface area contributed by atoms with E-state index in [4.69, 9.17) is 19.3 Å². The minimum atomic E-state index is -0.867. The minimum Gasteiger partial charge on any atom is -0.491 e. The van der Waals surface area contributed by atoms with Crippen LogP contribution < -0.4 is 19.7 Å². The van der Waals surface area contributed by atoms with Crippen molar-refractivity contribution in [1.29, 1.82) is 0 Å². The van der Waals surface area contributed by atoms with E-state index in [0.717, 1.165) is 0 Å². The number of amides is 2. The Bertz CT molecular complexity index is 641. The van der Waals surface area contributed by atoms with Crippen LogP contribution in [0.1, 0.15) is 20.8 Å². The number of anilines is 1. The lowest BCUT2D eigenvalue weighted by Crippen LogP contribution is -2.50. The quantitative estimate of drug-likeness (QED) is 0.848. The van der Waals surface area contributed by atoms with Crippen molar-refractivity contribution in [2.45, 2.75) is 32.4 Å². The molecule has 138 valence electrons. The van der Waals surface area contributed by atoms with Crippen LogP contribution in [-0.4, -0.2) is 55.6 Å². The summed E-state index contributed by atoms with van der Waals surface area (Å²) >= 11 is 0. The van der Waals surface area contributed by atoms with Gasteiger partial charge < -0.3 is 29.5 Å². The topological polar surface area (TPSA) is 97.3 Å². The molecule has 8 nitrogen and oxygen atoms in total. The molecule has 0 aliphatic carbocycles. The Morgan fingerprint density at radius 1 is 1.44 bits per heavy atom. The Labute approximate surface area is 146 Å². The fourth-order valence-corrected chi connectivity index (χ4v) is 2.28. The van der Waals surface area contributed by atoms with Crippen molar-refractivity contribution in [2.75, 3.05) is 31.8 Å². The molecule has 1 aliphatic rings. The second kappa shape index (κ2) is 7.60. The van der Waals surface area contributed by atoms with E-state index in [1.54, 1.807) is 46.0 Å². The minimum absolute atomic E-state index is 0.00768. The van der Waals surface area contributed by atoms with Gasteiger partial charge >= 0.3 is 6.09 Å². The van der Waals surface area contributed by atoms with Gasteiger partial charge in [-0.3, -0.25) is 4.79 Å². The standard InChI is InChI=1S/C17H24N2O6/c1-17(2,3)25-16(22)18-12-10-24-14-6-5-11(23-8-7-20)9-13(14)19(4)15(12)21/h5-6,9,12,20H,7-8,10H2,1-4H3,(H,18,22)/t12-/m0/s1. The molecule has 2 N–H and O–H groups in total. The number of carbonyl (C=O) groups is 2. The molecule has 1 atom stereocenters. The van der Waals surface area contributed by atoms with Crippen molar-refractivity contribution < 1.29 is 28.9 Å². The monoisotopic (exact) mass is 352 g/mol. The first-order valence-corrected chi connectivity index (χ1v) is 7.99. The van der Waals surface area contributed by atoms with Gasteiger partial charge in [0.25, 0.3) is 5.91 Å². The molecular formula is C17H24N2O6. The molecule has 0 unspecified atom stereocenters. The average molecular weight is 352 g/mol. The number of alkyl carbamates (subject to hydrolysis) is 1. The third-order valence-corrected chi connectivity index (χ3v) is 3.38. The van der Waals surface area contributed by atoms with Crippen molar-refractivity contribution >= 4 is 17.7 Å². The fourth-order valence-electron chi connectivity index (χ4n) is 2.28. The van der Waals surface area contributed by atoms with Crippen LogP contribution in [0.15, 0.2) is 18.2 Å². The van der Waals surface area contributed by atoms with Crippen molar-refractivity contribution in [3.05, 3.63) is 18.2 Å². The molecule has 1 aromatic rings. The Morgan fingerprint density at radius 3 is 2.80 bits per heavy atom. The van der Waals surface area contributed by atoms with Gasteiger partial charge in [0.2, 0.25) is 0 Å². The molecule has 0 aromatic heterocycles. The highest BCUT2D eigenvalue weighted by Crippen LogP contribution is 2.34. The molecule has 1 aliphatic heterocycles. The van der Waals surface area contributed by atoms with E-state index in [0.29, 0.717) is 17.2 Å². The zero-order valence-corrected chi connectivity index (χ0v) is 14.9. The summed E-state index contributed by atoms with van der Waals surface area (Å²) in [5, 5.41) is 11.4. The van der Waals surface area contributed by atoms with Gasteiger partial charge in [0.05, 0.1) is 12.3 Å². The predicted molar refractivity (Wildman–Crippen MR) is 91.1 cm³/mol. The molecule has 0 bridgehead atoms. The first-order valence-electron chi connectivity index (χ1n) is 7.99. The number of hydrogen-bond acceptors (Lipinski definition) is 6. The summed E-state index contributed by atoms with van der Waals surface area (Å²) in [6.07, 6.45) is -0.680. The summed E-state index contributed by atoms with van der Waals surface area (Å²) in [4.78, 5) is 26.0. The van der Waals surface area contributed by atoms with E-state index in [2.05, 4.69) is 5.32 Å². The van der Waals surface area contributed by atoms with Gasteiger partial charge in [-0.05, 0) is 32.9 Å². The SMILES string of the molecule is CN1C(=O)[C@@H](NC(=O)OC(C)(C)C)COc2ccc(OCCO)cc21. The highest BCUT2D eigenvalue weighted by atomic mass is 16.6. The molecule has 1 aromatic carbocycles. The van der Waals surface area contributed by atoms with Crippen LogP contribution in [0.25, 0.3) is 0 Å². The van der Waals surface area contributed by atoms with Crippen molar-refractivity contribution in [3.8, 4) is 11.5 Å². The zero-order valence-electron chi connectivity index (χ0n) is 14.9. The van der Waals surface area contributed by atoms with Crippen LogP contribution >= 0.6 is 0 Å². The molecule has 8 heteroatoms. The zero-order chi connectivity index (χ0) is 18.6. The molecule has 2 amide bonds. The number of hydrogen-bond donors (Lipinski definition) is 2. The summed E-state index contributed by atoms with van der Waals surface area (Å²) in [7, 11) is 1.59. The maximum absolute atomic E-state index is 12.6. The molecule has 0 fully saturated rings. The average Bonchev–Trinajstić information content (AvgIpc) is 2.63. The number of fused-ring (bicyclic) bond motifs is 1. The number of benzene rings is 1. The maximum Gasteiger partial charge on any atom is 0.408 e. The van der Waals surface area contributed by atoms with Gasteiger partial charge in [-0.25, -0.2) is 4.79 Å². The Balaban J connectivity index is 2.13. The first kappa shape index (κ1) is 18.9. The van der Waals surface area contributed by atoms with Crippen molar-refractivity contribution in [1.82, 2.24) is 5.32 Å². The number of likely N-dealkylation sites (N-methyl/N-ethyl adjacent to an activating group) is 1. The van der Waals surface area contributed by atoms with E-state index in [1.165, 1.54) is 4.90 Å². The smallest absolute Gasteiger partial charge is 0.408 e. The summed E-state index contributed by atoms with van der Waals surface area (Å²) in [6, 6.07) is 4.16. The van der Waals surface area contributed by atoms with Gasteiger partial charge in [0, 0.05) is 13.1 Å². The third kappa shape index (κ3) is 4.99. The second-order valence-corrected chi connectivity index (χ2v) is 6.61. The van der Waals surface area contributed by atoms with E-state index in [-0.39, 0.29) is 25.7 Å². The van der Waals surface area contributed by atoms with Gasteiger partial charge in [-0.1, -0.05) is 0 Å². The van der Waals surface area contributed by atoms with Crippen LogP contribution in [0, 0.1) is 0 Å². The molecule has 25 heavy (non-hydrogen) atoms. The first-order chi connectivity index (χ1) is 11.7. The van der Waals surface area contributed by atoms with Crippen LogP contribution in [0.2, 0.25) is 0 Å². The number of nitrogens with zero attached hydrogens (tertiary/aromatic N) is 1. The Hall–Kier alpha value is -2.48. The Morgan fingerprint density at radius 2 is 2.16 bits per heavy atom. The highest BCUT2D eigenvalue weighted by Gasteiger charge is 2.32. The molecule has 1 heterocycles. The summed E-state index contributed by atoms with van der Waals surface area (Å²) < 4.78 is 16.2. The van der Waals surface area contributed by atoms with Crippen LogP contribution in [0.4, 0.5) is 10.5 Å². The van der Waals surface area contributed by atoms with E-state index < -0.39 is 17.7 Å². The normalized spacial score (nSPS) is 17.2. The fraction of sp³-hybridized carbons (Fsp3) is 0.529. The van der Waals surface area contributed by atoms with E-state index >= 15 is 0 Å². The molecule has 0 spiro atoms. The molecular weight excluding hydrogens is 328 g/mol. The van der Waals surface area contributed by atoms with Crippen molar-refractivity contribution in [2.24, 2.45) is 0 Å². The van der Waals surface area contributed by atoms with Crippen LogP contribution in [0.3, 0.4) is 0 Å². The van der Waals surface area contributed by atoms with E-state index in [1.807, 2.05) is 0 Å². The number of nitrogens with one attached hydrogen (secondary N) is 1. The number of rotatable bonds is 4. The van der Waals surface area contributed by atoms with Gasteiger partial charge in [-0.15, -0.1) is 0 Å². The lowest BCUT2D eigenvalue weighted by molar-refractivity contribution is -0.120. The number of aliphatic hydroxyl groups excluding tert-OH is 1. The molecule has 0 saturated heterocycles. The molecule has 0 radical (unpaired) electrons. The lowest BCUT2D eigenvalue weighted by atomic mass is 10.2. The largest absolute Gasteiger partial charge is 0.491 e. The lowest BCUT2D eigenvalue weighted by Gasteiger charge is -2.23. The summed E-state index contributed by atoms with van der Waals surface area (Å²) in [5.41, 5.74) is -0.138. The number of carbonyl (C=O) groups excluding carboxylic acids is 2. The third-order valence-electron chi connectivity index (χ3n) is 3.38. The maximum atomic E-state index is 12.6. The summed E-state index contributed by atoms with van der Waals surface area (Å²) in [5.74, 6) is 0.680. The number of aliphatic hydroxyl groups is 1. The molecule has 2 rings (SSSR count). The van der Waals surface area contributed by atoms with Gasteiger partial charge in [-0.2, -0.15) is 0 Å². The Kier molecular flexibility index (Phi) is 5.73. The van der Waals surface area contributed by atoms with Crippen LogP contribution in [-0.2, 0) is 9.53 Å². The predicted octanol–water partition coefficient (Wildman–Crippen LogP) is 1.31.